The standard InChI is InChI=1S/C13H14N4O5/c1-2-3-21-10-9(19)7(4-18)22-13(10)17-6-16-8-11(17)14-5-15-12(8)20/h1,5-7,9-10,13,18-19H,3-4H2,(H,14,15,20)/t7-,9-,10-,13-/m1/s1. The third-order valence-corrected chi connectivity index (χ3v) is 3.49. The molecule has 9 nitrogen and oxygen atoms in total. The molecule has 3 N–H and O–H groups in total. The van der Waals surface area contributed by atoms with Gasteiger partial charge in [0.05, 0.1) is 19.3 Å². The molecule has 2 aromatic heterocycles. The molecule has 3 heterocycles. The smallest absolute Gasteiger partial charge is 0.278 e. The molecule has 0 aliphatic carbocycles. The van der Waals surface area contributed by atoms with Crippen molar-refractivity contribution in [3.05, 3.63) is 23.0 Å². The molecular weight excluding hydrogens is 292 g/mol. The van der Waals surface area contributed by atoms with Crippen molar-refractivity contribution in [2.24, 2.45) is 0 Å². The van der Waals surface area contributed by atoms with E-state index < -0.39 is 24.5 Å². The van der Waals surface area contributed by atoms with Gasteiger partial charge >= 0.3 is 0 Å². The third kappa shape index (κ3) is 2.28. The third-order valence-electron chi connectivity index (χ3n) is 3.49. The first kappa shape index (κ1) is 14.7. The number of imidazole rings is 1. The Hall–Kier alpha value is -2.25. The topological polar surface area (TPSA) is 122 Å². The van der Waals surface area contributed by atoms with E-state index >= 15 is 0 Å². The number of ether oxygens (including phenoxy) is 2. The van der Waals surface area contributed by atoms with Gasteiger partial charge in [0.15, 0.2) is 17.4 Å². The lowest BCUT2D eigenvalue weighted by Gasteiger charge is -2.20. The Labute approximate surface area is 124 Å². The van der Waals surface area contributed by atoms with Gasteiger partial charge in [-0.2, -0.15) is 0 Å². The molecule has 0 radical (unpaired) electrons. The second kappa shape index (κ2) is 5.86. The zero-order valence-electron chi connectivity index (χ0n) is 11.4. The Bertz CT molecular complexity index is 764. The van der Waals surface area contributed by atoms with E-state index in [1.807, 2.05) is 0 Å². The molecule has 116 valence electrons. The number of aliphatic hydroxyl groups excluding tert-OH is 2. The average molecular weight is 306 g/mol. The number of hydrogen-bond acceptors (Lipinski definition) is 7. The first-order valence-corrected chi connectivity index (χ1v) is 6.57. The number of nitrogens with one attached hydrogen (secondary N) is 1. The number of aromatic nitrogens is 4. The van der Waals surface area contributed by atoms with Gasteiger partial charge in [0.2, 0.25) is 0 Å². The molecule has 1 fully saturated rings. The van der Waals surface area contributed by atoms with Gasteiger partial charge in [-0.05, 0) is 0 Å². The van der Waals surface area contributed by atoms with Crippen molar-refractivity contribution in [2.45, 2.75) is 24.5 Å². The minimum atomic E-state index is -1.07. The highest BCUT2D eigenvalue weighted by molar-refractivity contribution is 5.68. The van der Waals surface area contributed by atoms with E-state index in [0.29, 0.717) is 0 Å². The zero-order valence-corrected chi connectivity index (χ0v) is 11.4. The highest BCUT2D eigenvalue weighted by atomic mass is 16.6. The molecule has 0 spiro atoms. The summed E-state index contributed by atoms with van der Waals surface area (Å²) in [5.74, 6) is 2.31. The van der Waals surface area contributed by atoms with Crippen LogP contribution in [-0.4, -0.2) is 61.3 Å². The van der Waals surface area contributed by atoms with Gasteiger partial charge < -0.3 is 24.7 Å². The lowest BCUT2D eigenvalue weighted by Crippen LogP contribution is -2.35. The summed E-state index contributed by atoms with van der Waals surface area (Å²) in [4.78, 5) is 22.2. The molecule has 1 saturated heterocycles. The molecule has 9 heteroatoms. The van der Waals surface area contributed by atoms with Gasteiger partial charge in [0.25, 0.3) is 5.56 Å². The number of aliphatic hydroxyl groups is 2. The van der Waals surface area contributed by atoms with E-state index in [-0.39, 0.29) is 29.9 Å². The molecule has 1 aliphatic rings. The Balaban J connectivity index is 2.01. The normalized spacial score (nSPS) is 28.0. The van der Waals surface area contributed by atoms with Crippen LogP contribution in [0.4, 0.5) is 0 Å². The van der Waals surface area contributed by atoms with Crippen LogP contribution in [-0.2, 0) is 9.47 Å². The highest BCUT2D eigenvalue weighted by Crippen LogP contribution is 2.32. The number of H-pyrrole nitrogens is 1. The molecule has 0 unspecified atom stereocenters. The predicted octanol–water partition coefficient (Wildman–Crippen LogP) is -1.61. The Morgan fingerprint density at radius 2 is 2.36 bits per heavy atom. The maximum atomic E-state index is 11.7. The number of rotatable bonds is 4. The van der Waals surface area contributed by atoms with Crippen LogP contribution in [0.2, 0.25) is 0 Å². The van der Waals surface area contributed by atoms with Crippen molar-refractivity contribution in [3.8, 4) is 12.3 Å². The molecule has 3 rings (SSSR count). The lowest BCUT2D eigenvalue weighted by atomic mass is 10.1. The summed E-state index contributed by atoms with van der Waals surface area (Å²) >= 11 is 0. The molecule has 0 saturated carbocycles. The number of nitrogens with zero attached hydrogens (tertiary/aromatic N) is 3. The Kier molecular flexibility index (Phi) is 3.91. The van der Waals surface area contributed by atoms with Crippen molar-refractivity contribution in [2.75, 3.05) is 13.2 Å². The van der Waals surface area contributed by atoms with Gasteiger partial charge in [-0.15, -0.1) is 6.42 Å². The van der Waals surface area contributed by atoms with Crippen LogP contribution >= 0.6 is 0 Å². The summed E-state index contributed by atoms with van der Waals surface area (Å²) in [7, 11) is 0. The van der Waals surface area contributed by atoms with Crippen molar-refractivity contribution in [3.63, 3.8) is 0 Å². The summed E-state index contributed by atoms with van der Waals surface area (Å²) in [5.41, 5.74) is 0.0414. The van der Waals surface area contributed by atoms with E-state index in [0.717, 1.165) is 0 Å². The van der Waals surface area contributed by atoms with Gasteiger partial charge in [-0.3, -0.25) is 9.36 Å². The number of fused-ring (bicyclic) bond motifs is 1. The van der Waals surface area contributed by atoms with Crippen molar-refractivity contribution < 1.29 is 19.7 Å². The minimum Gasteiger partial charge on any atom is -0.394 e. The van der Waals surface area contributed by atoms with Crippen LogP contribution in [0.3, 0.4) is 0 Å². The molecule has 0 bridgehead atoms. The van der Waals surface area contributed by atoms with Crippen LogP contribution < -0.4 is 5.56 Å². The predicted molar refractivity (Wildman–Crippen MR) is 73.7 cm³/mol. The minimum absolute atomic E-state index is 0.0274. The van der Waals surface area contributed by atoms with Gasteiger partial charge in [-0.25, -0.2) is 9.97 Å². The fourth-order valence-electron chi connectivity index (χ4n) is 2.47. The lowest BCUT2D eigenvalue weighted by molar-refractivity contribution is -0.0636. The quantitative estimate of drug-likeness (QED) is 0.581. The fraction of sp³-hybridized carbons (Fsp3) is 0.462. The molecule has 0 aromatic carbocycles. The van der Waals surface area contributed by atoms with E-state index in [4.69, 9.17) is 15.9 Å². The maximum absolute atomic E-state index is 11.7. The maximum Gasteiger partial charge on any atom is 0.278 e. The highest BCUT2D eigenvalue weighted by Gasteiger charge is 2.45. The SMILES string of the molecule is C#CCO[C@@H]1[C@H](O)[C@@H](CO)O[C@H]1n1cnc2c(=O)[nH]cnc21. The first-order chi connectivity index (χ1) is 10.7. The Morgan fingerprint density at radius 1 is 1.55 bits per heavy atom. The van der Waals surface area contributed by atoms with Gasteiger partial charge in [-0.1, -0.05) is 5.92 Å². The first-order valence-electron chi connectivity index (χ1n) is 6.57. The summed E-state index contributed by atoms with van der Waals surface area (Å²) in [5, 5.41) is 19.4. The molecule has 4 atom stereocenters. The average Bonchev–Trinajstić information content (AvgIpc) is 3.07. The monoisotopic (exact) mass is 306 g/mol. The van der Waals surface area contributed by atoms with Gasteiger partial charge in [0, 0.05) is 0 Å². The molecule has 0 amide bonds. The second-order valence-electron chi connectivity index (χ2n) is 4.77. The Morgan fingerprint density at radius 3 is 3.09 bits per heavy atom. The summed E-state index contributed by atoms with van der Waals surface area (Å²) in [6.07, 6.45) is 4.27. The van der Waals surface area contributed by atoms with E-state index in [1.165, 1.54) is 17.2 Å². The molecular formula is C13H14N4O5. The van der Waals surface area contributed by atoms with Crippen LogP contribution in [0.25, 0.3) is 11.2 Å². The molecule has 22 heavy (non-hydrogen) atoms. The van der Waals surface area contributed by atoms with E-state index in [9.17, 15) is 15.0 Å². The second-order valence-corrected chi connectivity index (χ2v) is 4.77. The van der Waals surface area contributed by atoms with Crippen LogP contribution in [0.15, 0.2) is 17.4 Å². The van der Waals surface area contributed by atoms with Crippen LogP contribution in [0.1, 0.15) is 6.23 Å². The van der Waals surface area contributed by atoms with E-state index in [1.54, 1.807) is 0 Å². The number of hydrogen-bond donors (Lipinski definition) is 3. The summed E-state index contributed by atoms with van der Waals surface area (Å²) < 4.78 is 12.5. The van der Waals surface area contributed by atoms with Gasteiger partial charge in [0.1, 0.15) is 24.9 Å². The summed E-state index contributed by atoms with van der Waals surface area (Å²) in [6.45, 7) is -0.408. The molecule has 2 aromatic rings. The number of aromatic amines is 1. The largest absolute Gasteiger partial charge is 0.394 e. The molecule has 1 aliphatic heterocycles. The van der Waals surface area contributed by atoms with Crippen LogP contribution in [0.5, 0.6) is 0 Å². The van der Waals surface area contributed by atoms with Crippen LogP contribution in [0, 0.1) is 12.3 Å². The van der Waals surface area contributed by atoms with Crippen molar-refractivity contribution in [1.82, 2.24) is 19.5 Å². The fourth-order valence-corrected chi connectivity index (χ4v) is 2.47. The summed E-state index contributed by atoms with van der Waals surface area (Å²) in [6, 6.07) is 0. The van der Waals surface area contributed by atoms with E-state index in [2.05, 4.69) is 20.9 Å². The van der Waals surface area contributed by atoms with Crippen molar-refractivity contribution >= 4 is 11.2 Å². The van der Waals surface area contributed by atoms with Crippen molar-refractivity contribution in [1.29, 1.82) is 0 Å². The number of terminal acetylenes is 1. The zero-order chi connectivity index (χ0) is 15.7.